The van der Waals surface area contributed by atoms with Crippen LogP contribution in [0.4, 0.5) is 0 Å². The normalized spacial score (nSPS) is 46.2. The molecule has 1 N–H and O–H groups in total. The van der Waals surface area contributed by atoms with Crippen LogP contribution in [0.1, 0.15) is 32.1 Å². The summed E-state index contributed by atoms with van der Waals surface area (Å²) in [7, 11) is 0. The van der Waals surface area contributed by atoms with Crippen molar-refractivity contribution in [3.8, 4) is 6.19 Å². The van der Waals surface area contributed by atoms with Crippen LogP contribution in [0.3, 0.4) is 0 Å². The Morgan fingerprint density at radius 3 is 2.07 bits per heavy atom. The number of nitrogens with one attached hydrogen (secondary N) is 1. The fraction of sp³-hybridized carbons (Fsp3) is 0.833. The second-order valence-electron chi connectivity index (χ2n) is 5.56. The Kier molecular flexibility index (Phi) is 1.98. The lowest BCUT2D eigenvalue weighted by Crippen LogP contribution is -2.50. The van der Waals surface area contributed by atoms with E-state index in [0.717, 1.165) is 11.8 Å². The molecule has 3 nitrogen and oxygen atoms in total. The summed E-state index contributed by atoms with van der Waals surface area (Å²) in [4.78, 5) is 11.8. The van der Waals surface area contributed by atoms with Gasteiger partial charge in [0.25, 0.3) is 0 Å². The van der Waals surface area contributed by atoms with E-state index < -0.39 is 0 Å². The molecule has 0 unspecified atom stereocenters. The van der Waals surface area contributed by atoms with Crippen LogP contribution in [0.2, 0.25) is 0 Å². The van der Waals surface area contributed by atoms with E-state index in [9.17, 15) is 4.79 Å². The Bertz CT molecular complexity index is 303. The molecule has 4 fully saturated rings. The summed E-state index contributed by atoms with van der Waals surface area (Å²) < 4.78 is 0. The number of nitrogens with zero attached hydrogens (tertiary/aromatic N) is 1. The SMILES string of the molecule is N#CNC(=O)C1C2CC3CC(C2)CC1C3. The number of hydrogen-bond acceptors (Lipinski definition) is 2. The first-order valence-corrected chi connectivity index (χ1v) is 5.97. The van der Waals surface area contributed by atoms with Gasteiger partial charge in [-0.15, -0.1) is 0 Å². The molecule has 0 aromatic rings. The van der Waals surface area contributed by atoms with Gasteiger partial charge in [-0.1, -0.05) is 0 Å². The van der Waals surface area contributed by atoms with Crippen LogP contribution >= 0.6 is 0 Å². The smallest absolute Gasteiger partial charge is 0.236 e. The predicted octanol–water partition coefficient (Wildman–Crippen LogP) is 1.66. The third kappa shape index (κ3) is 1.35. The van der Waals surface area contributed by atoms with Gasteiger partial charge in [0.1, 0.15) is 0 Å². The highest BCUT2D eigenvalue weighted by molar-refractivity contribution is 5.81. The molecule has 0 radical (unpaired) electrons. The first kappa shape index (κ1) is 9.21. The molecule has 15 heavy (non-hydrogen) atoms. The minimum Gasteiger partial charge on any atom is -0.274 e. The van der Waals surface area contributed by atoms with Gasteiger partial charge in [0.15, 0.2) is 6.19 Å². The second kappa shape index (κ2) is 3.23. The lowest BCUT2D eigenvalue weighted by atomic mass is 9.51. The van der Waals surface area contributed by atoms with E-state index in [4.69, 9.17) is 5.26 Å². The Morgan fingerprint density at radius 1 is 1.07 bits per heavy atom. The van der Waals surface area contributed by atoms with Gasteiger partial charge in [-0.05, 0) is 55.8 Å². The second-order valence-corrected chi connectivity index (χ2v) is 5.56. The van der Waals surface area contributed by atoms with Crippen molar-refractivity contribution < 1.29 is 4.79 Å². The Hall–Kier alpha value is -1.04. The maximum Gasteiger partial charge on any atom is 0.236 e. The molecule has 0 atom stereocenters. The quantitative estimate of drug-likeness (QED) is 0.521. The standard InChI is InChI=1S/C12H16N2O/c13-6-14-12(15)11-9-2-7-1-8(4-9)5-10(11)3-7/h7-11H,1-5H2,(H,14,15). The number of rotatable bonds is 1. The molecule has 4 rings (SSSR count). The summed E-state index contributed by atoms with van der Waals surface area (Å²) >= 11 is 0. The summed E-state index contributed by atoms with van der Waals surface area (Å²) in [6.07, 6.45) is 8.11. The number of amides is 1. The van der Waals surface area contributed by atoms with Crippen LogP contribution in [0.25, 0.3) is 0 Å². The number of carbonyl (C=O) groups excluding carboxylic acids is 1. The van der Waals surface area contributed by atoms with E-state index >= 15 is 0 Å². The Morgan fingerprint density at radius 2 is 1.60 bits per heavy atom. The summed E-state index contributed by atoms with van der Waals surface area (Å²) in [6, 6.07) is 0. The molecular formula is C12H16N2O. The molecule has 0 aromatic heterocycles. The van der Waals surface area contributed by atoms with Gasteiger partial charge in [0.2, 0.25) is 5.91 Å². The topological polar surface area (TPSA) is 52.9 Å². The highest BCUT2D eigenvalue weighted by Crippen LogP contribution is 2.56. The van der Waals surface area contributed by atoms with Crippen molar-refractivity contribution in [3.05, 3.63) is 0 Å². The summed E-state index contributed by atoms with van der Waals surface area (Å²) in [5.74, 6) is 3.07. The molecule has 0 heterocycles. The maximum absolute atomic E-state index is 11.8. The largest absolute Gasteiger partial charge is 0.274 e. The third-order valence-corrected chi connectivity index (χ3v) is 4.71. The van der Waals surface area contributed by atoms with E-state index in [2.05, 4.69) is 5.32 Å². The monoisotopic (exact) mass is 204 g/mol. The van der Waals surface area contributed by atoms with Gasteiger partial charge in [-0.3, -0.25) is 10.1 Å². The Labute approximate surface area is 89.8 Å². The number of nitriles is 1. The minimum absolute atomic E-state index is 0.00806. The van der Waals surface area contributed by atoms with Gasteiger partial charge in [-0.2, -0.15) is 5.26 Å². The number of hydrogen-bond donors (Lipinski definition) is 1. The minimum atomic E-state index is -0.00806. The van der Waals surface area contributed by atoms with E-state index in [-0.39, 0.29) is 11.8 Å². The average molecular weight is 204 g/mol. The van der Waals surface area contributed by atoms with E-state index in [1.165, 1.54) is 32.1 Å². The first-order valence-electron chi connectivity index (χ1n) is 5.97. The Balaban J connectivity index is 1.80. The van der Waals surface area contributed by atoms with Crippen molar-refractivity contribution in [2.24, 2.45) is 29.6 Å². The molecule has 80 valence electrons. The van der Waals surface area contributed by atoms with Crippen LogP contribution in [0.5, 0.6) is 0 Å². The van der Waals surface area contributed by atoms with Crippen molar-refractivity contribution in [3.63, 3.8) is 0 Å². The van der Waals surface area contributed by atoms with Crippen molar-refractivity contribution in [1.82, 2.24) is 5.32 Å². The number of carbonyl (C=O) groups is 1. The summed E-state index contributed by atoms with van der Waals surface area (Å²) in [6.45, 7) is 0. The van der Waals surface area contributed by atoms with Gasteiger partial charge in [0.05, 0.1) is 0 Å². The molecule has 0 aliphatic heterocycles. The molecule has 4 aliphatic carbocycles. The highest BCUT2D eigenvalue weighted by atomic mass is 16.1. The fourth-order valence-electron chi connectivity index (χ4n) is 4.49. The first-order chi connectivity index (χ1) is 7.28. The molecule has 0 saturated heterocycles. The van der Waals surface area contributed by atoms with Crippen LogP contribution in [-0.2, 0) is 4.79 Å². The van der Waals surface area contributed by atoms with Crippen LogP contribution < -0.4 is 5.32 Å². The van der Waals surface area contributed by atoms with Gasteiger partial charge < -0.3 is 0 Å². The van der Waals surface area contributed by atoms with Gasteiger partial charge in [-0.25, -0.2) is 0 Å². The fourth-order valence-corrected chi connectivity index (χ4v) is 4.49. The molecule has 4 aliphatic rings. The molecule has 0 spiro atoms. The van der Waals surface area contributed by atoms with Crippen molar-refractivity contribution >= 4 is 5.91 Å². The van der Waals surface area contributed by atoms with Crippen LogP contribution in [0.15, 0.2) is 0 Å². The van der Waals surface area contributed by atoms with Crippen molar-refractivity contribution in [2.75, 3.05) is 0 Å². The third-order valence-electron chi connectivity index (χ3n) is 4.71. The molecule has 1 amide bonds. The van der Waals surface area contributed by atoms with Crippen LogP contribution in [-0.4, -0.2) is 5.91 Å². The van der Waals surface area contributed by atoms with Crippen LogP contribution in [0, 0.1) is 41.0 Å². The molecule has 0 aromatic carbocycles. The zero-order valence-electron chi connectivity index (χ0n) is 8.78. The van der Waals surface area contributed by atoms with E-state index in [0.29, 0.717) is 11.8 Å². The molecule has 4 bridgehead atoms. The lowest BCUT2D eigenvalue weighted by Gasteiger charge is -2.53. The molecule has 3 heteroatoms. The zero-order chi connectivity index (χ0) is 10.4. The maximum atomic E-state index is 11.8. The van der Waals surface area contributed by atoms with Crippen molar-refractivity contribution in [1.29, 1.82) is 5.26 Å². The van der Waals surface area contributed by atoms with E-state index in [1.54, 1.807) is 6.19 Å². The molecular weight excluding hydrogens is 188 g/mol. The van der Waals surface area contributed by atoms with Gasteiger partial charge >= 0.3 is 0 Å². The lowest BCUT2D eigenvalue weighted by molar-refractivity contribution is -0.136. The molecule has 4 saturated carbocycles. The zero-order valence-corrected chi connectivity index (χ0v) is 8.78. The highest BCUT2D eigenvalue weighted by Gasteiger charge is 2.50. The van der Waals surface area contributed by atoms with Crippen molar-refractivity contribution in [2.45, 2.75) is 32.1 Å². The summed E-state index contributed by atoms with van der Waals surface area (Å²) in [5, 5.41) is 10.8. The van der Waals surface area contributed by atoms with E-state index in [1.807, 2.05) is 0 Å². The predicted molar refractivity (Wildman–Crippen MR) is 54.3 cm³/mol. The summed E-state index contributed by atoms with van der Waals surface area (Å²) in [5.41, 5.74) is 0. The van der Waals surface area contributed by atoms with Gasteiger partial charge in [0, 0.05) is 5.92 Å². The average Bonchev–Trinajstić information content (AvgIpc) is 2.15.